The van der Waals surface area contributed by atoms with Crippen LogP contribution in [0.15, 0.2) is 73.2 Å². The van der Waals surface area contributed by atoms with Crippen molar-refractivity contribution in [3.8, 4) is 22.7 Å². The molecule has 2 N–H and O–H groups in total. The van der Waals surface area contributed by atoms with E-state index >= 15 is 0 Å². The Bertz CT molecular complexity index is 1380. The van der Waals surface area contributed by atoms with E-state index < -0.39 is 0 Å². The van der Waals surface area contributed by atoms with Gasteiger partial charge in [-0.25, -0.2) is 4.98 Å². The fraction of sp³-hybridized carbons (Fsp3) is 0.160. The second-order valence-corrected chi connectivity index (χ2v) is 8.31. The van der Waals surface area contributed by atoms with E-state index in [1.807, 2.05) is 36.4 Å². The maximum atomic E-state index is 12.9. The van der Waals surface area contributed by atoms with Crippen LogP contribution >= 0.6 is 11.6 Å². The van der Waals surface area contributed by atoms with Crippen LogP contribution in [-0.2, 0) is 4.79 Å². The maximum absolute atomic E-state index is 12.9. The second-order valence-electron chi connectivity index (χ2n) is 7.87. The van der Waals surface area contributed by atoms with Crippen LogP contribution in [0, 0.1) is 0 Å². The lowest BCUT2D eigenvalue weighted by Crippen LogP contribution is -2.27. The minimum atomic E-state index is -0.331. The van der Waals surface area contributed by atoms with Crippen molar-refractivity contribution >= 4 is 23.6 Å². The van der Waals surface area contributed by atoms with Crippen molar-refractivity contribution in [3.05, 3.63) is 89.6 Å². The first-order chi connectivity index (χ1) is 17.2. The highest BCUT2D eigenvalue weighted by atomic mass is 35.5. The molecule has 176 valence electrons. The molecule has 4 aromatic rings. The zero-order chi connectivity index (χ0) is 24.0. The molecule has 0 aliphatic carbocycles. The number of aromatic nitrogens is 6. The number of hydrogen-bond donors (Lipinski definition) is 2. The van der Waals surface area contributed by atoms with Crippen LogP contribution in [0.3, 0.4) is 0 Å². The van der Waals surface area contributed by atoms with E-state index in [0.29, 0.717) is 35.1 Å². The Labute approximate surface area is 206 Å². The molecule has 2 bridgehead atoms. The van der Waals surface area contributed by atoms with Crippen molar-refractivity contribution in [1.29, 1.82) is 0 Å². The van der Waals surface area contributed by atoms with Crippen molar-refractivity contribution in [2.45, 2.75) is 18.9 Å². The molecule has 1 aliphatic rings. The number of tetrazole rings is 1. The Hall–Kier alpha value is -4.24. The van der Waals surface area contributed by atoms with Crippen molar-refractivity contribution < 1.29 is 9.53 Å². The van der Waals surface area contributed by atoms with Gasteiger partial charge in [0.05, 0.1) is 30.2 Å². The number of carbonyl (C=O) groups is 1. The molecule has 0 fully saturated rings. The van der Waals surface area contributed by atoms with Gasteiger partial charge in [-0.05, 0) is 59.7 Å². The first-order valence-corrected chi connectivity index (χ1v) is 11.5. The number of nitrogens with zero attached hydrogens (tertiary/aromatic N) is 5. The Balaban J connectivity index is 1.38. The SMILES string of the molecule is O=C(C=Cc1cc(Cl)ccc1-n1cnnn1)N[C@H]1CC=CCCOc2ccccc2-c2cnc1[nH]2. The number of hydrogen-bond acceptors (Lipinski definition) is 6. The summed E-state index contributed by atoms with van der Waals surface area (Å²) in [6.45, 7) is 0.567. The van der Waals surface area contributed by atoms with Gasteiger partial charge in [0.2, 0.25) is 5.91 Å². The standard InChI is InChI=1S/C25H22ClN7O2/c26-18-10-11-22(33-16-28-31-32-33)17(14-18)9-12-24(34)29-20-7-2-1-5-13-35-23-8-4-3-6-19(23)21-15-27-25(20)30-21/h1-4,6,8-12,14-16,20H,5,7,13H2,(H,27,30)(H,29,34)/t20-/m0/s1. The van der Waals surface area contributed by atoms with Crippen LogP contribution in [0.4, 0.5) is 0 Å². The third-order valence-corrected chi connectivity index (χ3v) is 5.73. The summed E-state index contributed by atoms with van der Waals surface area (Å²) in [5.74, 6) is 1.19. The van der Waals surface area contributed by atoms with Crippen molar-refractivity contribution in [1.82, 2.24) is 35.5 Å². The van der Waals surface area contributed by atoms with Gasteiger partial charge in [0, 0.05) is 22.2 Å². The summed E-state index contributed by atoms with van der Waals surface area (Å²) < 4.78 is 7.45. The van der Waals surface area contributed by atoms with Crippen molar-refractivity contribution in [2.24, 2.45) is 0 Å². The number of halogens is 1. The summed E-state index contributed by atoms with van der Waals surface area (Å²) in [5, 5.41) is 14.8. The maximum Gasteiger partial charge on any atom is 0.244 e. The molecular formula is C25H22ClN7O2. The van der Waals surface area contributed by atoms with E-state index in [0.717, 1.165) is 23.4 Å². The van der Waals surface area contributed by atoms with Gasteiger partial charge in [-0.2, -0.15) is 4.68 Å². The number of ether oxygens (including phenoxy) is 1. The minimum absolute atomic E-state index is 0.264. The van der Waals surface area contributed by atoms with Gasteiger partial charge < -0.3 is 15.0 Å². The highest BCUT2D eigenvalue weighted by molar-refractivity contribution is 6.30. The van der Waals surface area contributed by atoms with Crippen LogP contribution in [-0.4, -0.2) is 42.7 Å². The van der Waals surface area contributed by atoms with Gasteiger partial charge in [-0.15, -0.1) is 5.10 Å². The fourth-order valence-corrected chi connectivity index (χ4v) is 4.00. The summed E-state index contributed by atoms with van der Waals surface area (Å²) in [6.07, 6.45) is 11.8. The van der Waals surface area contributed by atoms with E-state index in [1.54, 1.807) is 30.5 Å². The Morgan fingerprint density at radius 3 is 3.03 bits per heavy atom. The second kappa shape index (κ2) is 10.4. The lowest BCUT2D eigenvalue weighted by molar-refractivity contribution is -0.117. The molecule has 9 nitrogen and oxygen atoms in total. The molecule has 3 heterocycles. The molecule has 1 aliphatic heterocycles. The molecule has 1 amide bonds. The quantitative estimate of drug-likeness (QED) is 0.328. The number of nitrogens with one attached hydrogen (secondary N) is 2. The zero-order valence-electron chi connectivity index (χ0n) is 18.6. The van der Waals surface area contributed by atoms with E-state index in [-0.39, 0.29) is 11.9 Å². The third kappa shape index (κ3) is 5.30. The van der Waals surface area contributed by atoms with E-state index in [1.165, 1.54) is 17.1 Å². The molecule has 5 rings (SSSR count). The van der Waals surface area contributed by atoms with Crippen LogP contribution in [0.25, 0.3) is 23.0 Å². The van der Waals surface area contributed by atoms with Gasteiger partial charge in [0.25, 0.3) is 0 Å². The largest absolute Gasteiger partial charge is 0.493 e. The lowest BCUT2D eigenvalue weighted by Gasteiger charge is -2.15. The Morgan fingerprint density at radius 2 is 2.14 bits per heavy atom. The molecule has 1 atom stereocenters. The van der Waals surface area contributed by atoms with E-state index in [9.17, 15) is 4.79 Å². The number of fused-ring (bicyclic) bond motifs is 4. The van der Waals surface area contributed by atoms with Gasteiger partial charge in [0.1, 0.15) is 17.9 Å². The number of rotatable bonds is 4. The third-order valence-electron chi connectivity index (χ3n) is 5.50. The summed E-state index contributed by atoms with van der Waals surface area (Å²) in [5.41, 5.74) is 3.17. The molecule has 10 heteroatoms. The Morgan fingerprint density at radius 1 is 1.23 bits per heavy atom. The number of para-hydroxylation sites is 1. The number of carbonyl (C=O) groups excluding carboxylic acids is 1. The normalized spacial score (nSPS) is 15.6. The Kier molecular flexibility index (Phi) is 6.67. The lowest BCUT2D eigenvalue weighted by atomic mass is 10.1. The van der Waals surface area contributed by atoms with Crippen molar-refractivity contribution in [2.75, 3.05) is 6.61 Å². The molecule has 0 radical (unpaired) electrons. The van der Waals surface area contributed by atoms with E-state index in [2.05, 4.69) is 30.8 Å². The number of H-pyrrole nitrogens is 1. The molecular weight excluding hydrogens is 466 g/mol. The average molecular weight is 488 g/mol. The smallest absolute Gasteiger partial charge is 0.244 e. The minimum Gasteiger partial charge on any atom is -0.493 e. The summed E-state index contributed by atoms with van der Waals surface area (Å²) in [6, 6.07) is 12.8. The topological polar surface area (TPSA) is 111 Å². The molecule has 2 aromatic carbocycles. The molecule has 2 aromatic heterocycles. The van der Waals surface area contributed by atoms with Gasteiger partial charge >= 0.3 is 0 Å². The summed E-state index contributed by atoms with van der Waals surface area (Å²) in [7, 11) is 0. The molecule has 0 saturated heterocycles. The molecule has 35 heavy (non-hydrogen) atoms. The number of benzene rings is 2. The molecule has 0 spiro atoms. The molecule has 0 unspecified atom stereocenters. The highest BCUT2D eigenvalue weighted by Gasteiger charge is 2.18. The van der Waals surface area contributed by atoms with Crippen LogP contribution in [0.2, 0.25) is 5.02 Å². The van der Waals surface area contributed by atoms with E-state index in [4.69, 9.17) is 16.3 Å². The van der Waals surface area contributed by atoms with Crippen LogP contribution in [0.1, 0.15) is 30.3 Å². The van der Waals surface area contributed by atoms with Gasteiger partial charge in [0.15, 0.2) is 0 Å². The van der Waals surface area contributed by atoms with Crippen LogP contribution < -0.4 is 10.1 Å². The van der Waals surface area contributed by atoms with Gasteiger partial charge in [-0.3, -0.25) is 4.79 Å². The monoisotopic (exact) mass is 487 g/mol. The number of aromatic amines is 1. The predicted molar refractivity (Wildman–Crippen MR) is 132 cm³/mol. The van der Waals surface area contributed by atoms with Crippen molar-refractivity contribution in [3.63, 3.8) is 0 Å². The predicted octanol–water partition coefficient (Wildman–Crippen LogP) is 4.31. The fourth-order valence-electron chi connectivity index (χ4n) is 3.82. The summed E-state index contributed by atoms with van der Waals surface area (Å²) in [4.78, 5) is 20.8. The number of imidazole rings is 1. The van der Waals surface area contributed by atoms with Gasteiger partial charge in [-0.1, -0.05) is 35.9 Å². The summed E-state index contributed by atoms with van der Waals surface area (Å²) >= 11 is 6.17. The molecule has 0 saturated carbocycles. The first kappa shape index (κ1) is 22.5. The highest BCUT2D eigenvalue weighted by Crippen LogP contribution is 2.30. The zero-order valence-corrected chi connectivity index (χ0v) is 19.4. The average Bonchev–Trinajstić information content (AvgIpc) is 3.57. The number of amides is 1. The first-order valence-electron chi connectivity index (χ1n) is 11.1. The van der Waals surface area contributed by atoms with Crippen LogP contribution in [0.5, 0.6) is 5.75 Å².